The number of benzene rings is 2. The molecule has 6 nitrogen and oxygen atoms in total. The van der Waals surface area contributed by atoms with Crippen LogP contribution in [0.25, 0.3) is 0 Å². The quantitative estimate of drug-likeness (QED) is 0.585. The van der Waals surface area contributed by atoms with E-state index in [-0.39, 0.29) is 11.0 Å². The van der Waals surface area contributed by atoms with E-state index in [1.165, 1.54) is 0 Å². The zero-order chi connectivity index (χ0) is 17.5. The van der Waals surface area contributed by atoms with Gasteiger partial charge in [0.2, 0.25) is 0 Å². The molecule has 0 heterocycles. The minimum Gasteiger partial charge on any atom is -0.497 e. The number of hydrogen-bond donors (Lipinski definition) is 3. The smallest absolute Gasteiger partial charge is 0.269 e. The average Bonchev–Trinajstić information content (AvgIpc) is 2.60. The molecule has 0 saturated heterocycles. The molecule has 0 spiro atoms. The maximum absolute atomic E-state index is 12.1. The summed E-state index contributed by atoms with van der Waals surface area (Å²) in [6.07, 6.45) is 0. The molecule has 0 saturated carbocycles. The molecule has 0 radical (unpaired) electrons. The van der Waals surface area contributed by atoms with Crippen molar-refractivity contribution in [2.24, 2.45) is 0 Å². The molecule has 1 amide bonds. The van der Waals surface area contributed by atoms with Crippen LogP contribution in [-0.4, -0.2) is 32.2 Å². The number of hydrogen-bond acceptors (Lipinski definition) is 4. The van der Waals surface area contributed by atoms with Crippen LogP contribution in [0.5, 0.6) is 5.75 Å². The third-order valence-corrected chi connectivity index (χ3v) is 3.47. The summed E-state index contributed by atoms with van der Waals surface area (Å²) in [6.45, 7) is 0. The molecule has 7 heteroatoms. The molecule has 0 aromatic heterocycles. The van der Waals surface area contributed by atoms with E-state index in [4.69, 9.17) is 17.0 Å². The SMILES string of the molecule is COc1cccc(NC(=S)NNC(=O)c2ccc(N(C)C)cc2)c1. The van der Waals surface area contributed by atoms with Crippen molar-refractivity contribution in [2.75, 3.05) is 31.4 Å². The molecule has 0 aliphatic heterocycles. The Balaban J connectivity index is 1.87. The Morgan fingerprint density at radius 3 is 2.42 bits per heavy atom. The van der Waals surface area contributed by atoms with Crippen LogP contribution in [0.4, 0.5) is 11.4 Å². The van der Waals surface area contributed by atoms with Crippen LogP contribution in [0, 0.1) is 0 Å². The predicted molar refractivity (Wildman–Crippen MR) is 101 cm³/mol. The summed E-state index contributed by atoms with van der Waals surface area (Å²) in [5, 5.41) is 3.25. The summed E-state index contributed by atoms with van der Waals surface area (Å²) in [6, 6.07) is 14.6. The third kappa shape index (κ3) is 4.85. The van der Waals surface area contributed by atoms with Crippen molar-refractivity contribution in [1.82, 2.24) is 10.9 Å². The molecule has 126 valence electrons. The van der Waals surface area contributed by atoms with Crippen LogP contribution in [0.3, 0.4) is 0 Å². The van der Waals surface area contributed by atoms with E-state index < -0.39 is 0 Å². The first kappa shape index (κ1) is 17.6. The lowest BCUT2D eigenvalue weighted by molar-refractivity contribution is 0.0944. The van der Waals surface area contributed by atoms with Crippen LogP contribution in [0.1, 0.15) is 10.4 Å². The normalized spacial score (nSPS) is 9.79. The number of ether oxygens (including phenoxy) is 1. The van der Waals surface area contributed by atoms with Gasteiger partial charge in [-0.2, -0.15) is 0 Å². The minimum atomic E-state index is -0.268. The molecular formula is C17H20N4O2S. The summed E-state index contributed by atoms with van der Waals surface area (Å²) in [5.74, 6) is 0.447. The fraction of sp³-hybridized carbons (Fsp3) is 0.176. The van der Waals surface area contributed by atoms with Crippen molar-refractivity contribution in [3.63, 3.8) is 0 Å². The molecule has 0 atom stereocenters. The fourth-order valence-corrected chi connectivity index (χ4v) is 2.13. The predicted octanol–water partition coefficient (Wildman–Crippen LogP) is 2.39. The van der Waals surface area contributed by atoms with E-state index >= 15 is 0 Å². The number of anilines is 2. The first-order valence-electron chi connectivity index (χ1n) is 7.28. The third-order valence-electron chi connectivity index (χ3n) is 3.26. The van der Waals surface area contributed by atoms with Crippen LogP contribution in [-0.2, 0) is 0 Å². The lowest BCUT2D eigenvalue weighted by atomic mass is 10.2. The van der Waals surface area contributed by atoms with E-state index in [1.807, 2.05) is 49.3 Å². The number of carbonyl (C=O) groups excluding carboxylic acids is 1. The molecule has 3 N–H and O–H groups in total. The molecule has 0 unspecified atom stereocenters. The maximum atomic E-state index is 12.1. The lowest BCUT2D eigenvalue weighted by Gasteiger charge is -2.14. The first-order valence-corrected chi connectivity index (χ1v) is 7.69. The Labute approximate surface area is 146 Å². The molecule has 24 heavy (non-hydrogen) atoms. The Morgan fingerprint density at radius 1 is 1.08 bits per heavy atom. The number of hydrazine groups is 1. The van der Waals surface area contributed by atoms with Crippen LogP contribution >= 0.6 is 12.2 Å². The highest BCUT2D eigenvalue weighted by Crippen LogP contribution is 2.16. The summed E-state index contributed by atoms with van der Waals surface area (Å²) >= 11 is 5.15. The largest absolute Gasteiger partial charge is 0.497 e. The highest BCUT2D eigenvalue weighted by atomic mass is 32.1. The van der Waals surface area contributed by atoms with Crippen molar-refractivity contribution >= 4 is 34.6 Å². The van der Waals surface area contributed by atoms with E-state index in [1.54, 1.807) is 25.3 Å². The second kappa shape index (κ2) is 8.16. The van der Waals surface area contributed by atoms with Gasteiger partial charge in [-0.3, -0.25) is 15.6 Å². The maximum Gasteiger partial charge on any atom is 0.269 e. The summed E-state index contributed by atoms with van der Waals surface area (Å²) in [5.41, 5.74) is 7.56. The minimum absolute atomic E-state index is 0.268. The van der Waals surface area contributed by atoms with Gasteiger partial charge in [0.05, 0.1) is 7.11 Å². The Hall–Kier alpha value is -2.80. The zero-order valence-electron chi connectivity index (χ0n) is 13.8. The van der Waals surface area contributed by atoms with E-state index in [2.05, 4.69) is 16.2 Å². The Morgan fingerprint density at radius 2 is 1.79 bits per heavy atom. The molecule has 0 bridgehead atoms. The number of carbonyl (C=O) groups is 1. The van der Waals surface area contributed by atoms with Crippen molar-refractivity contribution in [3.05, 3.63) is 54.1 Å². The van der Waals surface area contributed by atoms with Crippen LogP contribution in [0.15, 0.2) is 48.5 Å². The number of thiocarbonyl (C=S) groups is 1. The second-order valence-corrected chi connectivity index (χ2v) is 5.61. The number of nitrogens with zero attached hydrogens (tertiary/aromatic N) is 1. The Bertz CT molecular complexity index is 717. The lowest BCUT2D eigenvalue weighted by Crippen LogP contribution is -2.43. The van der Waals surface area contributed by atoms with Gasteiger partial charge in [0.1, 0.15) is 5.75 Å². The van der Waals surface area contributed by atoms with Crippen LogP contribution in [0.2, 0.25) is 0 Å². The molecule has 2 aromatic rings. The fourth-order valence-electron chi connectivity index (χ4n) is 1.96. The number of rotatable bonds is 4. The zero-order valence-corrected chi connectivity index (χ0v) is 14.6. The highest BCUT2D eigenvalue weighted by molar-refractivity contribution is 7.80. The summed E-state index contributed by atoms with van der Waals surface area (Å²) < 4.78 is 5.14. The van der Waals surface area contributed by atoms with Gasteiger partial charge in [0.15, 0.2) is 5.11 Å². The van der Waals surface area contributed by atoms with Crippen molar-refractivity contribution in [3.8, 4) is 5.75 Å². The van der Waals surface area contributed by atoms with Gasteiger partial charge < -0.3 is 15.0 Å². The molecule has 0 fully saturated rings. The number of methoxy groups -OCH3 is 1. The van der Waals surface area contributed by atoms with Gasteiger partial charge in [0, 0.05) is 37.1 Å². The molecule has 0 aliphatic carbocycles. The van der Waals surface area contributed by atoms with Gasteiger partial charge in [0.25, 0.3) is 5.91 Å². The standard InChI is InChI=1S/C17H20N4O2S/c1-21(2)14-9-7-12(8-10-14)16(22)19-20-17(24)18-13-5-4-6-15(11-13)23-3/h4-11H,1-3H3,(H,19,22)(H2,18,20,24). The van der Waals surface area contributed by atoms with E-state index in [0.717, 1.165) is 11.4 Å². The van der Waals surface area contributed by atoms with Gasteiger partial charge in [-0.25, -0.2) is 0 Å². The summed E-state index contributed by atoms with van der Waals surface area (Å²) in [7, 11) is 5.48. The van der Waals surface area contributed by atoms with Gasteiger partial charge >= 0.3 is 0 Å². The first-order chi connectivity index (χ1) is 11.5. The van der Waals surface area contributed by atoms with Crippen molar-refractivity contribution in [1.29, 1.82) is 0 Å². The van der Waals surface area contributed by atoms with Gasteiger partial charge in [-0.15, -0.1) is 0 Å². The topological polar surface area (TPSA) is 65.6 Å². The molecule has 2 rings (SSSR count). The molecule has 0 aliphatic rings. The van der Waals surface area contributed by atoms with E-state index in [0.29, 0.717) is 11.3 Å². The second-order valence-electron chi connectivity index (χ2n) is 5.21. The number of nitrogens with one attached hydrogen (secondary N) is 3. The average molecular weight is 344 g/mol. The van der Waals surface area contributed by atoms with Crippen molar-refractivity contribution in [2.45, 2.75) is 0 Å². The molecular weight excluding hydrogens is 324 g/mol. The molecule has 2 aromatic carbocycles. The number of amides is 1. The van der Waals surface area contributed by atoms with Gasteiger partial charge in [-0.1, -0.05) is 6.07 Å². The highest BCUT2D eigenvalue weighted by Gasteiger charge is 2.06. The van der Waals surface area contributed by atoms with Crippen LogP contribution < -0.4 is 25.8 Å². The Kier molecular flexibility index (Phi) is 5.97. The van der Waals surface area contributed by atoms with Gasteiger partial charge in [-0.05, 0) is 48.6 Å². The monoisotopic (exact) mass is 344 g/mol. The summed E-state index contributed by atoms with van der Waals surface area (Å²) in [4.78, 5) is 14.1. The van der Waals surface area contributed by atoms with E-state index in [9.17, 15) is 4.79 Å². The van der Waals surface area contributed by atoms with Crippen molar-refractivity contribution < 1.29 is 9.53 Å².